The highest BCUT2D eigenvalue weighted by molar-refractivity contribution is 6.31. The van der Waals surface area contributed by atoms with E-state index in [1.54, 1.807) is 7.05 Å². The van der Waals surface area contributed by atoms with Crippen molar-refractivity contribution in [3.05, 3.63) is 44.8 Å². The van der Waals surface area contributed by atoms with Gasteiger partial charge in [-0.1, -0.05) is 11.6 Å². The number of aromatic nitrogens is 2. The highest BCUT2D eigenvalue weighted by Gasteiger charge is 2.23. The first kappa shape index (κ1) is 14.1. The van der Waals surface area contributed by atoms with Gasteiger partial charge in [0.15, 0.2) is 5.69 Å². The molecule has 1 aromatic heterocycles. The molecule has 0 radical (unpaired) electrons. The minimum absolute atomic E-state index is 0.0914. The fourth-order valence-electron chi connectivity index (χ4n) is 1.74. The van der Waals surface area contributed by atoms with Gasteiger partial charge in [-0.15, -0.1) is 0 Å². The van der Waals surface area contributed by atoms with Crippen LogP contribution in [-0.2, 0) is 0 Å². The van der Waals surface area contributed by atoms with E-state index < -0.39 is 10.7 Å². The summed E-state index contributed by atoms with van der Waals surface area (Å²) in [5.41, 5.74) is 0.426. The molecule has 0 aliphatic heterocycles. The van der Waals surface area contributed by atoms with Gasteiger partial charge in [0.2, 0.25) is 5.95 Å². The molecule has 0 saturated carbocycles. The summed E-state index contributed by atoms with van der Waals surface area (Å²) in [4.78, 5) is 18.6. The van der Waals surface area contributed by atoms with E-state index in [1.165, 1.54) is 19.1 Å². The van der Waals surface area contributed by atoms with Crippen molar-refractivity contribution in [3.8, 4) is 11.3 Å². The average molecular weight is 297 g/mol. The summed E-state index contributed by atoms with van der Waals surface area (Å²) in [5, 5.41) is 13.8. The van der Waals surface area contributed by atoms with E-state index in [-0.39, 0.29) is 28.0 Å². The highest BCUT2D eigenvalue weighted by atomic mass is 35.5. The molecule has 0 fully saturated rings. The molecular weight excluding hydrogens is 287 g/mol. The van der Waals surface area contributed by atoms with Gasteiger partial charge in [-0.2, -0.15) is 0 Å². The zero-order valence-electron chi connectivity index (χ0n) is 10.6. The number of nitrogens with one attached hydrogen (secondary N) is 1. The van der Waals surface area contributed by atoms with Gasteiger partial charge in [-0.3, -0.25) is 10.1 Å². The predicted octanol–water partition coefficient (Wildman–Crippen LogP) is 3.19. The quantitative estimate of drug-likeness (QED) is 0.695. The highest BCUT2D eigenvalue weighted by Crippen LogP contribution is 2.32. The summed E-state index contributed by atoms with van der Waals surface area (Å²) in [6.45, 7) is 1.51. The van der Waals surface area contributed by atoms with Crippen LogP contribution in [0.4, 0.5) is 16.0 Å². The monoisotopic (exact) mass is 296 g/mol. The number of benzene rings is 1. The fourth-order valence-corrected chi connectivity index (χ4v) is 1.92. The molecule has 1 aromatic carbocycles. The van der Waals surface area contributed by atoms with E-state index in [0.717, 1.165) is 6.07 Å². The number of nitro groups is 1. The minimum atomic E-state index is -0.599. The van der Waals surface area contributed by atoms with Crippen LogP contribution in [0.3, 0.4) is 0 Å². The van der Waals surface area contributed by atoms with E-state index in [2.05, 4.69) is 15.3 Å². The second-order valence-electron chi connectivity index (χ2n) is 3.97. The molecule has 1 N–H and O–H groups in total. The Morgan fingerprint density at radius 2 is 2.10 bits per heavy atom. The topological polar surface area (TPSA) is 81.0 Å². The van der Waals surface area contributed by atoms with Gasteiger partial charge in [-0.25, -0.2) is 14.4 Å². The van der Waals surface area contributed by atoms with Crippen LogP contribution in [0.25, 0.3) is 11.3 Å². The zero-order valence-corrected chi connectivity index (χ0v) is 11.4. The lowest BCUT2D eigenvalue weighted by Crippen LogP contribution is -2.05. The van der Waals surface area contributed by atoms with Crippen LogP contribution in [0.5, 0.6) is 0 Å². The van der Waals surface area contributed by atoms with Gasteiger partial charge in [0, 0.05) is 12.6 Å². The molecule has 20 heavy (non-hydrogen) atoms. The Hall–Kier alpha value is -2.28. The lowest BCUT2D eigenvalue weighted by molar-refractivity contribution is -0.385. The van der Waals surface area contributed by atoms with Crippen LogP contribution < -0.4 is 5.32 Å². The van der Waals surface area contributed by atoms with E-state index in [4.69, 9.17) is 11.6 Å². The summed E-state index contributed by atoms with van der Waals surface area (Å²) in [6.07, 6.45) is 0. The minimum Gasteiger partial charge on any atom is -0.357 e. The molecule has 104 valence electrons. The van der Waals surface area contributed by atoms with Crippen molar-refractivity contribution in [1.29, 1.82) is 0 Å². The molecule has 0 aliphatic rings. The number of hydrogen-bond donors (Lipinski definition) is 1. The van der Waals surface area contributed by atoms with Crippen LogP contribution in [0, 0.1) is 22.9 Å². The Morgan fingerprint density at radius 1 is 1.40 bits per heavy atom. The summed E-state index contributed by atoms with van der Waals surface area (Å²) in [7, 11) is 1.60. The Balaban J connectivity index is 2.73. The Kier molecular flexibility index (Phi) is 3.80. The maximum Gasteiger partial charge on any atom is 0.316 e. The number of hydrogen-bond acceptors (Lipinski definition) is 5. The molecule has 0 amide bonds. The first-order valence-electron chi connectivity index (χ1n) is 5.60. The van der Waals surface area contributed by atoms with Crippen molar-refractivity contribution in [3.63, 3.8) is 0 Å². The Morgan fingerprint density at radius 3 is 2.65 bits per heavy atom. The van der Waals surface area contributed by atoms with Crippen molar-refractivity contribution in [2.45, 2.75) is 6.92 Å². The van der Waals surface area contributed by atoms with Crippen molar-refractivity contribution < 1.29 is 9.31 Å². The zero-order chi connectivity index (χ0) is 14.9. The maximum atomic E-state index is 13.2. The molecular formula is C12H10ClFN4O2. The molecule has 0 aliphatic carbocycles. The molecule has 8 heteroatoms. The van der Waals surface area contributed by atoms with Crippen LogP contribution in [0.2, 0.25) is 5.02 Å². The Bertz CT molecular complexity index is 693. The van der Waals surface area contributed by atoms with Gasteiger partial charge in [0.05, 0.1) is 9.95 Å². The lowest BCUT2D eigenvalue weighted by atomic mass is 10.1. The van der Waals surface area contributed by atoms with Crippen LogP contribution in [0.15, 0.2) is 18.2 Å². The SMILES string of the molecule is CNc1nc(C)c([N+](=O)[O-])c(-c2ccc(F)c(Cl)c2)n1. The van der Waals surface area contributed by atoms with Crippen LogP contribution >= 0.6 is 11.6 Å². The summed E-state index contributed by atoms with van der Waals surface area (Å²) < 4.78 is 13.2. The van der Waals surface area contributed by atoms with Gasteiger partial charge < -0.3 is 5.32 Å². The summed E-state index contributed by atoms with van der Waals surface area (Å²) in [6, 6.07) is 3.82. The van der Waals surface area contributed by atoms with Crippen LogP contribution in [0.1, 0.15) is 5.69 Å². The molecule has 0 unspecified atom stereocenters. The number of aryl methyl sites for hydroxylation is 1. The molecule has 0 atom stereocenters. The van der Waals surface area contributed by atoms with Gasteiger partial charge in [0.25, 0.3) is 0 Å². The smallest absolute Gasteiger partial charge is 0.316 e. The first-order chi connectivity index (χ1) is 9.43. The van der Waals surface area contributed by atoms with Crippen molar-refractivity contribution in [2.75, 3.05) is 12.4 Å². The van der Waals surface area contributed by atoms with Gasteiger partial charge in [-0.05, 0) is 25.1 Å². The van der Waals surface area contributed by atoms with Gasteiger partial charge in [0.1, 0.15) is 11.5 Å². The standard InChI is InChI=1S/C12H10ClFN4O2/c1-6-11(18(19)20)10(17-12(15-2)16-6)7-3-4-9(14)8(13)5-7/h3-5H,1-2H3,(H,15,16,17). The predicted molar refractivity (Wildman–Crippen MR) is 73.4 cm³/mol. The van der Waals surface area contributed by atoms with E-state index in [1.807, 2.05) is 0 Å². The molecule has 2 aromatic rings. The molecule has 0 spiro atoms. The molecule has 1 heterocycles. The largest absolute Gasteiger partial charge is 0.357 e. The number of nitrogens with zero attached hydrogens (tertiary/aromatic N) is 3. The molecule has 6 nitrogen and oxygen atoms in total. The third-order valence-electron chi connectivity index (χ3n) is 2.66. The number of anilines is 1. The normalized spacial score (nSPS) is 10.4. The third kappa shape index (κ3) is 2.53. The van der Waals surface area contributed by atoms with Crippen molar-refractivity contribution >= 4 is 23.2 Å². The maximum absolute atomic E-state index is 13.2. The first-order valence-corrected chi connectivity index (χ1v) is 5.98. The number of rotatable bonds is 3. The lowest BCUT2D eigenvalue weighted by Gasteiger charge is -2.08. The molecule has 0 bridgehead atoms. The third-order valence-corrected chi connectivity index (χ3v) is 2.95. The van der Waals surface area contributed by atoms with Crippen molar-refractivity contribution in [2.24, 2.45) is 0 Å². The summed E-state index contributed by atoms with van der Waals surface area (Å²) in [5.74, 6) is -0.360. The van der Waals surface area contributed by atoms with Crippen molar-refractivity contribution in [1.82, 2.24) is 9.97 Å². The van der Waals surface area contributed by atoms with E-state index >= 15 is 0 Å². The molecule has 2 rings (SSSR count). The second-order valence-corrected chi connectivity index (χ2v) is 4.37. The van der Waals surface area contributed by atoms with E-state index in [9.17, 15) is 14.5 Å². The second kappa shape index (κ2) is 5.38. The Labute approximate surface area is 118 Å². The summed E-state index contributed by atoms with van der Waals surface area (Å²) >= 11 is 5.71. The van der Waals surface area contributed by atoms with Crippen LogP contribution in [-0.4, -0.2) is 21.9 Å². The van der Waals surface area contributed by atoms with Gasteiger partial charge >= 0.3 is 5.69 Å². The van der Waals surface area contributed by atoms with E-state index in [0.29, 0.717) is 5.56 Å². The average Bonchev–Trinajstić information content (AvgIpc) is 2.40. The molecule has 0 saturated heterocycles. The fraction of sp³-hybridized carbons (Fsp3) is 0.167. The number of halogens is 2.